The number of hydrogen-bond acceptors (Lipinski definition) is 6. The van der Waals surface area contributed by atoms with Crippen LogP contribution in [-0.4, -0.2) is 50.8 Å². The number of methoxy groups -OCH3 is 1. The second kappa shape index (κ2) is 12.7. The van der Waals surface area contributed by atoms with Crippen molar-refractivity contribution in [1.29, 1.82) is 0 Å². The Balaban J connectivity index is 1.53. The molecule has 2 amide bonds. The average molecular weight is 558 g/mol. The summed E-state index contributed by atoms with van der Waals surface area (Å²) >= 11 is 0. The molecule has 4 aromatic rings. The summed E-state index contributed by atoms with van der Waals surface area (Å²) in [7, 11) is 1.30. The Labute approximate surface area is 237 Å². The van der Waals surface area contributed by atoms with Gasteiger partial charge in [0.2, 0.25) is 11.8 Å². The number of aromatic nitrogens is 3. The van der Waals surface area contributed by atoms with Crippen molar-refractivity contribution >= 4 is 28.8 Å². The summed E-state index contributed by atoms with van der Waals surface area (Å²) in [5.41, 5.74) is 2.85. The van der Waals surface area contributed by atoms with Gasteiger partial charge in [-0.25, -0.2) is 13.9 Å². The van der Waals surface area contributed by atoms with Gasteiger partial charge in [-0.3, -0.25) is 9.59 Å². The quantitative estimate of drug-likeness (QED) is 0.302. The van der Waals surface area contributed by atoms with Crippen LogP contribution in [0, 0.1) is 5.82 Å². The second-order valence-electron chi connectivity index (χ2n) is 10.2. The molecule has 1 aliphatic rings. The van der Waals surface area contributed by atoms with Gasteiger partial charge < -0.3 is 15.0 Å². The number of rotatable bonds is 9. The molecule has 1 N–H and O–H groups in total. The van der Waals surface area contributed by atoms with E-state index in [0.717, 1.165) is 32.1 Å². The van der Waals surface area contributed by atoms with Crippen molar-refractivity contribution in [1.82, 2.24) is 25.2 Å². The van der Waals surface area contributed by atoms with Gasteiger partial charge in [0.15, 0.2) is 0 Å². The molecule has 3 aromatic carbocycles. The van der Waals surface area contributed by atoms with Crippen LogP contribution in [0.5, 0.6) is 0 Å². The lowest BCUT2D eigenvalue weighted by Gasteiger charge is -2.33. The van der Waals surface area contributed by atoms with Crippen molar-refractivity contribution in [2.24, 2.45) is 0 Å². The van der Waals surface area contributed by atoms with E-state index in [4.69, 9.17) is 4.74 Å². The first kappa shape index (κ1) is 27.9. The highest BCUT2D eigenvalue weighted by Crippen LogP contribution is 2.27. The first-order chi connectivity index (χ1) is 19.9. The van der Waals surface area contributed by atoms with E-state index in [1.54, 1.807) is 36.4 Å². The maximum Gasteiger partial charge on any atom is 0.337 e. The van der Waals surface area contributed by atoms with Crippen LogP contribution in [0.4, 0.5) is 4.39 Å². The van der Waals surface area contributed by atoms with E-state index in [9.17, 15) is 18.8 Å². The van der Waals surface area contributed by atoms with Gasteiger partial charge in [0.1, 0.15) is 23.9 Å². The summed E-state index contributed by atoms with van der Waals surface area (Å²) in [4.78, 5) is 41.6. The van der Waals surface area contributed by atoms with Crippen LogP contribution in [-0.2, 0) is 27.4 Å². The molecule has 1 saturated carbocycles. The molecular weight excluding hydrogens is 525 g/mol. The van der Waals surface area contributed by atoms with E-state index in [-0.39, 0.29) is 30.9 Å². The lowest BCUT2D eigenvalue weighted by molar-refractivity contribution is -0.142. The van der Waals surface area contributed by atoms with Crippen molar-refractivity contribution in [3.8, 4) is 0 Å². The molecule has 1 fully saturated rings. The van der Waals surface area contributed by atoms with Crippen molar-refractivity contribution in [2.45, 2.75) is 57.3 Å². The molecule has 0 bridgehead atoms. The van der Waals surface area contributed by atoms with Gasteiger partial charge in [0.25, 0.3) is 0 Å². The summed E-state index contributed by atoms with van der Waals surface area (Å²) in [6.45, 7) is -0.109. The number of carbonyl (C=O) groups excluding carboxylic acids is 3. The van der Waals surface area contributed by atoms with Crippen LogP contribution in [0.25, 0.3) is 11.0 Å². The summed E-state index contributed by atoms with van der Waals surface area (Å²) in [5, 5.41) is 11.5. The lowest BCUT2D eigenvalue weighted by atomic mass is 9.94. The van der Waals surface area contributed by atoms with Gasteiger partial charge in [-0.15, -0.1) is 5.10 Å². The third-order valence-electron chi connectivity index (χ3n) is 7.45. The topological polar surface area (TPSA) is 106 Å². The zero-order valence-electron chi connectivity index (χ0n) is 22.8. The smallest absolute Gasteiger partial charge is 0.337 e. The molecule has 9 nitrogen and oxygen atoms in total. The largest absolute Gasteiger partial charge is 0.465 e. The number of amides is 2. The van der Waals surface area contributed by atoms with Crippen molar-refractivity contribution in [3.05, 3.63) is 95.3 Å². The molecule has 41 heavy (non-hydrogen) atoms. The number of hydrogen-bond donors (Lipinski definition) is 1. The Kier molecular flexibility index (Phi) is 8.67. The van der Waals surface area contributed by atoms with Gasteiger partial charge in [-0.05, 0) is 60.4 Å². The standard InChI is InChI=1S/C31H32FN5O4/c1-41-31(40)23-15-13-22(14-16-23)29(30(39)33-25-7-3-2-4-8-25)36(19-21-11-17-24(32)18-12-21)28(38)20-37-27-10-6-5-9-26(27)34-35-37/h5-6,9-18,25,29H,2-4,7-8,19-20H2,1H3,(H,33,39)/t29-/m1/s1. The third kappa shape index (κ3) is 6.59. The highest BCUT2D eigenvalue weighted by Gasteiger charge is 2.33. The monoisotopic (exact) mass is 557 g/mol. The Bertz CT molecular complexity index is 1510. The number of ether oxygens (including phenoxy) is 1. The van der Waals surface area contributed by atoms with Gasteiger partial charge >= 0.3 is 5.97 Å². The highest BCUT2D eigenvalue weighted by atomic mass is 19.1. The van der Waals surface area contributed by atoms with Crippen LogP contribution in [0.15, 0.2) is 72.8 Å². The molecule has 1 heterocycles. The molecule has 0 spiro atoms. The zero-order chi connectivity index (χ0) is 28.8. The molecule has 10 heteroatoms. The first-order valence-corrected chi connectivity index (χ1v) is 13.7. The van der Waals surface area contributed by atoms with Crippen molar-refractivity contribution in [2.75, 3.05) is 7.11 Å². The Morgan fingerprint density at radius 1 is 1.00 bits per heavy atom. The molecule has 0 saturated heterocycles. The maximum absolute atomic E-state index is 14.1. The SMILES string of the molecule is COC(=O)c1ccc([C@H](C(=O)NC2CCCCC2)N(Cc2ccc(F)cc2)C(=O)Cn2nnc3ccccc32)cc1. The number of benzene rings is 3. The number of para-hydroxylation sites is 1. The Hall–Kier alpha value is -4.60. The molecule has 0 radical (unpaired) electrons. The zero-order valence-corrected chi connectivity index (χ0v) is 22.8. The normalized spacial score (nSPS) is 14.4. The van der Waals surface area contributed by atoms with Crippen molar-refractivity contribution in [3.63, 3.8) is 0 Å². The molecule has 0 aliphatic heterocycles. The number of esters is 1. The van der Waals surface area contributed by atoms with Gasteiger partial charge in [0.05, 0.1) is 18.2 Å². The fourth-order valence-corrected chi connectivity index (χ4v) is 5.28. The van der Waals surface area contributed by atoms with Gasteiger partial charge in [-0.2, -0.15) is 0 Å². The fourth-order valence-electron chi connectivity index (χ4n) is 5.28. The predicted molar refractivity (Wildman–Crippen MR) is 150 cm³/mol. The molecule has 1 aromatic heterocycles. The minimum Gasteiger partial charge on any atom is -0.465 e. The minimum atomic E-state index is -1.02. The van der Waals surface area contributed by atoms with Gasteiger partial charge in [0, 0.05) is 12.6 Å². The second-order valence-corrected chi connectivity index (χ2v) is 10.2. The summed E-state index contributed by atoms with van der Waals surface area (Å²) in [5.74, 6) is -1.59. The predicted octanol–water partition coefficient (Wildman–Crippen LogP) is 4.58. The van der Waals surface area contributed by atoms with Crippen LogP contribution >= 0.6 is 0 Å². The molecule has 5 rings (SSSR count). The van der Waals surface area contributed by atoms with Crippen molar-refractivity contribution < 1.29 is 23.5 Å². The van der Waals surface area contributed by atoms with Crippen LogP contribution in [0.3, 0.4) is 0 Å². The number of nitrogens with zero attached hydrogens (tertiary/aromatic N) is 4. The molecule has 1 atom stereocenters. The van der Waals surface area contributed by atoms with E-state index in [1.165, 1.54) is 28.8 Å². The number of halogens is 1. The maximum atomic E-state index is 14.1. The minimum absolute atomic E-state index is 0.00937. The average Bonchev–Trinajstić information content (AvgIpc) is 3.41. The molecule has 212 valence electrons. The van der Waals surface area contributed by atoms with Crippen LogP contribution in [0.2, 0.25) is 0 Å². The number of carbonyl (C=O) groups is 3. The third-order valence-corrected chi connectivity index (χ3v) is 7.45. The summed E-state index contributed by atoms with van der Waals surface area (Å²) < 4.78 is 20.1. The molecular formula is C31H32FN5O4. The Morgan fingerprint density at radius 3 is 2.41 bits per heavy atom. The summed E-state index contributed by atoms with van der Waals surface area (Å²) in [6, 6.07) is 18.6. The van der Waals surface area contributed by atoms with Crippen LogP contribution < -0.4 is 5.32 Å². The van der Waals surface area contributed by atoms with E-state index in [2.05, 4.69) is 15.6 Å². The fraction of sp³-hybridized carbons (Fsp3) is 0.323. The van der Waals surface area contributed by atoms with E-state index in [1.807, 2.05) is 24.3 Å². The lowest BCUT2D eigenvalue weighted by Crippen LogP contribution is -2.47. The Morgan fingerprint density at radius 2 is 1.71 bits per heavy atom. The highest BCUT2D eigenvalue weighted by molar-refractivity contribution is 5.91. The van der Waals surface area contributed by atoms with E-state index < -0.39 is 17.8 Å². The number of nitrogens with one attached hydrogen (secondary N) is 1. The number of fused-ring (bicyclic) bond motifs is 1. The summed E-state index contributed by atoms with van der Waals surface area (Å²) in [6.07, 6.45) is 4.93. The van der Waals surface area contributed by atoms with Crippen LogP contribution in [0.1, 0.15) is 59.6 Å². The van der Waals surface area contributed by atoms with E-state index >= 15 is 0 Å². The van der Waals surface area contributed by atoms with E-state index in [0.29, 0.717) is 27.7 Å². The first-order valence-electron chi connectivity index (χ1n) is 13.7. The molecule has 1 aliphatic carbocycles. The van der Waals surface area contributed by atoms with Gasteiger partial charge in [-0.1, -0.05) is 60.9 Å². The molecule has 0 unspecified atom stereocenters.